The van der Waals surface area contributed by atoms with Crippen LogP contribution in [0, 0.1) is 0 Å². The van der Waals surface area contributed by atoms with Crippen LogP contribution in [-0.2, 0) is 6.42 Å². The van der Waals surface area contributed by atoms with Gasteiger partial charge in [-0.3, -0.25) is 0 Å². The van der Waals surface area contributed by atoms with Crippen LogP contribution in [0.5, 0.6) is 0 Å². The van der Waals surface area contributed by atoms with E-state index >= 15 is 0 Å². The van der Waals surface area contributed by atoms with Gasteiger partial charge in [-0.25, -0.2) is 0 Å². The van der Waals surface area contributed by atoms with Crippen molar-refractivity contribution >= 4 is 11.3 Å². The predicted octanol–water partition coefficient (Wildman–Crippen LogP) is 2.12. The van der Waals surface area contributed by atoms with Gasteiger partial charge in [0.05, 0.1) is 6.10 Å². The molecule has 0 bridgehead atoms. The molecule has 1 nitrogen and oxygen atoms in total. The molecule has 1 N–H and O–H groups in total. The summed E-state index contributed by atoms with van der Waals surface area (Å²) in [5.41, 5.74) is 1.18. The molecule has 0 aliphatic heterocycles. The molecule has 2 rings (SSSR count). The standard InChI is InChI=1S/C8H10OS/c9-7-2-1-3-8-6(7)4-5-10-8/h4-5,7,9H,1-3H2/t7-/m1/s1. The lowest BCUT2D eigenvalue weighted by molar-refractivity contribution is 0.157. The summed E-state index contributed by atoms with van der Waals surface area (Å²) < 4.78 is 0. The van der Waals surface area contributed by atoms with E-state index in [1.54, 1.807) is 11.3 Å². The number of aliphatic hydroxyl groups is 1. The Morgan fingerprint density at radius 2 is 2.50 bits per heavy atom. The lowest BCUT2D eigenvalue weighted by Gasteiger charge is -2.16. The first-order valence-corrected chi connectivity index (χ1v) is 4.50. The first kappa shape index (κ1) is 6.38. The highest BCUT2D eigenvalue weighted by Gasteiger charge is 2.17. The number of hydrogen-bond donors (Lipinski definition) is 1. The molecule has 1 aliphatic rings. The third-order valence-corrected chi connectivity index (χ3v) is 3.02. The van der Waals surface area contributed by atoms with Gasteiger partial charge in [0, 0.05) is 4.88 Å². The van der Waals surface area contributed by atoms with E-state index < -0.39 is 0 Å². The maximum atomic E-state index is 9.46. The van der Waals surface area contributed by atoms with E-state index in [9.17, 15) is 5.11 Å². The monoisotopic (exact) mass is 154 g/mol. The molecular formula is C8H10OS. The van der Waals surface area contributed by atoms with Crippen LogP contribution in [0.4, 0.5) is 0 Å². The van der Waals surface area contributed by atoms with Crippen molar-refractivity contribution in [3.63, 3.8) is 0 Å². The fraction of sp³-hybridized carbons (Fsp3) is 0.500. The van der Waals surface area contributed by atoms with Crippen LogP contribution < -0.4 is 0 Å². The van der Waals surface area contributed by atoms with Gasteiger partial charge in [-0.1, -0.05) is 0 Å². The Morgan fingerprint density at radius 1 is 1.60 bits per heavy atom. The zero-order valence-electron chi connectivity index (χ0n) is 5.71. The van der Waals surface area contributed by atoms with Gasteiger partial charge in [0.15, 0.2) is 0 Å². The van der Waals surface area contributed by atoms with E-state index in [2.05, 4.69) is 5.38 Å². The van der Waals surface area contributed by atoms with Crippen molar-refractivity contribution in [3.8, 4) is 0 Å². The summed E-state index contributed by atoms with van der Waals surface area (Å²) in [7, 11) is 0. The molecule has 0 amide bonds. The molecule has 54 valence electrons. The van der Waals surface area contributed by atoms with Crippen LogP contribution >= 0.6 is 11.3 Å². The van der Waals surface area contributed by atoms with Crippen molar-refractivity contribution in [2.24, 2.45) is 0 Å². The van der Waals surface area contributed by atoms with Crippen molar-refractivity contribution in [2.75, 3.05) is 0 Å². The van der Waals surface area contributed by atoms with Gasteiger partial charge in [0.2, 0.25) is 0 Å². The molecule has 0 fully saturated rings. The number of rotatable bonds is 0. The van der Waals surface area contributed by atoms with Crippen LogP contribution in [0.25, 0.3) is 0 Å². The highest BCUT2D eigenvalue weighted by atomic mass is 32.1. The van der Waals surface area contributed by atoms with Crippen LogP contribution in [0.2, 0.25) is 0 Å². The summed E-state index contributed by atoms with van der Waals surface area (Å²) in [6.07, 6.45) is 3.10. The highest BCUT2D eigenvalue weighted by Crippen LogP contribution is 2.32. The van der Waals surface area contributed by atoms with Crippen LogP contribution in [0.3, 0.4) is 0 Å². The van der Waals surface area contributed by atoms with Gasteiger partial charge in [-0.2, -0.15) is 0 Å². The van der Waals surface area contributed by atoms with Crippen molar-refractivity contribution in [3.05, 3.63) is 21.9 Å². The van der Waals surface area contributed by atoms with Crippen molar-refractivity contribution < 1.29 is 5.11 Å². The minimum Gasteiger partial charge on any atom is -0.388 e. The molecule has 0 saturated carbocycles. The lowest BCUT2D eigenvalue weighted by Crippen LogP contribution is -2.05. The Hall–Kier alpha value is -0.340. The number of hydrogen-bond acceptors (Lipinski definition) is 2. The summed E-state index contributed by atoms with van der Waals surface area (Å²) in [5.74, 6) is 0. The summed E-state index contributed by atoms with van der Waals surface area (Å²) in [5, 5.41) is 11.5. The molecular weight excluding hydrogens is 144 g/mol. The topological polar surface area (TPSA) is 20.2 Å². The molecule has 0 saturated heterocycles. The van der Waals surface area contributed by atoms with Crippen LogP contribution in [-0.4, -0.2) is 5.11 Å². The Bertz CT molecular complexity index is 229. The fourth-order valence-corrected chi connectivity index (χ4v) is 2.44. The Balaban J connectivity index is 2.41. The maximum Gasteiger partial charge on any atom is 0.0800 e. The van der Waals surface area contributed by atoms with Gasteiger partial charge >= 0.3 is 0 Å². The van der Waals surface area contributed by atoms with Gasteiger partial charge in [0.1, 0.15) is 0 Å². The second-order valence-electron chi connectivity index (χ2n) is 2.71. The molecule has 1 atom stereocenters. The molecule has 0 radical (unpaired) electrons. The predicted molar refractivity (Wildman–Crippen MR) is 42.2 cm³/mol. The zero-order valence-corrected chi connectivity index (χ0v) is 6.53. The molecule has 0 unspecified atom stereocenters. The number of fused-ring (bicyclic) bond motifs is 1. The summed E-state index contributed by atoms with van der Waals surface area (Å²) in [6, 6.07) is 2.05. The number of thiophene rings is 1. The van der Waals surface area contributed by atoms with E-state index in [4.69, 9.17) is 0 Å². The third kappa shape index (κ3) is 0.879. The minimum absolute atomic E-state index is 0.171. The second kappa shape index (κ2) is 2.36. The summed E-state index contributed by atoms with van der Waals surface area (Å²) in [6.45, 7) is 0. The van der Waals surface area contributed by atoms with Crippen molar-refractivity contribution in [2.45, 2.75) is 25.4 Å². The Morgan fingerprint density at radius 3 is 3.30 bits per heavy atom. The quantitative estimate of drug-likeness (QED) is 0.607. The number of aliphatic hydroxyl groups excluding tert-OH is 1. The smallest absolute Gasteiger partial charge is 0.0800 e. The molecule has 0 spiro atoms. The van der Waals surface area contributed by atoms with Gasteiger partial charge in [-0.15, -0.1) is 11.3 Å². The number of aryl methyl sites for hydroxylation is 1. The summed E-state index contributed by atoms with van der Waals surface area (Å²) >= 11 is 1.77. The van der Waals surface area contributed by atoms with E-state index in [1.807, 2.05) is 6.07 Å². The fourth-order valence-electron chi connectivity index (χ4n) is 1.46. The van der Waals surface area contributed by atoms with E-state index in [0.717, 1.165) is 12.8 Å². The Labute approximate surface area is 64.3 Å². The van der Waals surface area contributed by atoms with Gasteiger partial charge in [0.25, 0.3) is 0 Å². The van der Waals surface area contributed by atoms with E-state index in [-0.39, 0.29) is 6.10 Å². The van der Waals surface area contributed by atoms with Crippen LogP contribution in [0.15, 0.2) is 11.4 Å². The molecule has 1 aromatic heterocycles. The molecule has 1 aliphatic carbocycles. The van der Waals surface area contributed by atoms with Crippen LogP contribution in [0.1, 0.15) is 29.4 Å². The first-order chi connectivity index (χ1) is 4.88. The van der Waals surface area contributed by atoms with Crippen molar-refractivity contribution in [1.29, 1.82) is 0 Å². The minimum atomic E-state index is -0.171. The van der Waals surface area contributed by atoms with Gasteiger partial charge in [-0.05, 0) is 36.3 Å². The molecule has 1 heterocycles. The third-order valence-electron chi connectivity index (χ3n) is 2.02. The van der Waals surface area contributed by atoms with Crippen molar-refractivity contribution in [1.82, 2.24) is 0 Å². The average molecular weight is 154 g/mol. The zero-order chi connectivity index (χ0) is 6.97. The van der Waals surface area contributed by atoms with E-state index in [1.165, 1.54) is 16.9 Å². The second-order valence-corrected chi connectivity index (χ2v) is 3.71. The SMILES string of the molecule is O[C@@H]1CCCc2sccc21. The highest BCUT2D eigenvalue weighted by molar-refractivity contribution is 7.10. The molecule has 10 heavy (non-hydrogen) atoms. The van der Waals surface area contributed by atoms with E-state index in [0.29, 0.717) is 0 Å². The normalized spacial score (nSPS) is 24.3. The molecule has 1 aromatic rings. The van der Waals surface area contributed by atoms with Gasteiger partial charge < -0.3 is 5.11 Å². The molecule has 2 heteroatoms. The maximum absolute atomic E-state index is 9.46. The first-order valence-electron chi connectivity index (χ1n) is 3.62. The molecule has 0 aromatic carbocycles. The Kier molecular flexibility index (Phi) is 1.51. The lowest BCUT2D eigenvalue weighted by atomic mass is 9.97. The summed E-state index contributed by atoms with van der Waals surface area (Å²) in [4.78, 5) is 1.39. The average Bonchev–Trinajstić information content (AvgIpc) is 2.36. The largest absolute Gasteiger partial charge is 0.388 e.